The van der Waals surface area contributed by atoms with Crippen molar-refractivity contribution in [3.8, 4) is 11.5 Å². The minimum Gasteiger partial charge on any atom is -0.497 e. The lowest BCUT2D eigenvalue weighted by atomic mass is 10.1. The highest BCUT2D eigenvalue weighted by Crippen LogP contribution is 2.22. The van der Waals surface area contributed by atoms with Crippen molar-refractivity contribution in [1.82, 2.24) is 10.2 Å². The Morgan fingerprint density at radius 1 is 1.03 bits per heavy atom. The number of likely N-dealkylation sites (N-methyl/N-ethyl adjacent to an activating group) is 1. The molecule has 2 amide bonds. The highest BCUT2D eigenvalue weighted by Gasteiger charge is 2.30. The molecule has 2 rings (SSSR count). The summed E-state index contributed by atoms with van der Waals surface area (Å²) in [6.45, 7) is 3.45. The first-order valence-corrected chi connectivity index (χ1v) is 12.3. The van der Waals surface area contributed by atoms with E-state index < -0.39 is 28.5 Å². The van der Waals surface area contributed by atoms with E-state index in [1.54, 1.807) is 56.3 Å². The standard InChI is InChI=1S/C23H31N3O6S/c1-6-24-23(28)17(2)25(15-18-8-7-9-21(14-18)32-4)22(27)16-26(33(5,29)30)19-10-12-20(31-3)13-11-19/h7-14,17H,6,15-16H2,1-5H3,(H,24,28)/t17-/m0/s1. The summed E-state index contributed by atoms with van der Waals surface area (Å²) in [4.78, 5) is 27.3. The zero-order valence-corrected chi connectivity index (χ0v) is 20.4. The average molecular weight is 478 g/mol. The van der Waals surface area contributed by atoms with Gasteiger partial charge in [-0.3, -0.25) is 13.9 Å². The Bertz CT molecular complexity index is 1060. The van der Waals surface area contributed by atoms with Crippen LogP contribution in [0.2, 0.25) is 0 Å². The van der Waals surface area contributed by atoms with E-state index in [1.807, 2.05) is 6.07 Å². The first-order chi connectivity index (χ1) is 15.6. The fourth-order valence-electron chi connectivity index (χ4n) is 3.23. The van der Waals surface area contributed by atoms with E-state index in [0.717, 1.165) is 16.1 Å². The lowest BCUT2D eigenvalue weighted by Gasteiger charge is -2.31. The molecule has 0 aliphatic heterocycles. The maximum absolute atomic E-state index is 13.4. The maximum atomic E-state index is 13.4. The fourth-order valence-corrected chi connectivity index (χ4v) is 4.08. The van der Waals surface area contributed by atoms with Gasteiger partial charge in [-0.1, -0.05) is 12.1 Å². The molecule has 2 aromatic rings. The van der Waals surface area contributed by atoms with Crippen molar-refractivity contribution < 1.29 is 27.5 Å². The van der Waals surface area contributed by atoms with Crippen molar-refractivity contribution in [3.63, 3.8) is 0 Å². The largest absolute Gasteiger partial charge is 0.497 e. The maximum Gasteiger partial charge on any atom is 0.244 e. The molecule has 0 aliphatic carbocycles. The predicted octanol–water partition coefficient (Wildman–Crippen LogP) is 2.02. The van der Waals surface area contributed by atoms with Gasteiger partial charge in [0, 0.05) is 13.1 Å². The van der Waals surface area contributed by atoms with E-state index in [4.69, 9.17) is 9.47 Å². The summed E-state index contributed by atoms with van der Waals surface area (Å²) in [6, 6.07) is 12.7. The summed E-state index contributed by atoms with van der Waals surface area (Å²) in [5, 5.41) is 2.71. The van der Waals surface area contributed by atoms with Gasteiger partial charge in [0.05, 0.1) is 26.2 Å². The molecular formula is C23H31N3O6S. The van der Waals surface area contributed by atoms with Crippen molar-refractivity contribution in [2.75, 3.05) is 37.9 Å². The molecule has 180 valence electrons. The van der Waals surface area contributed by atoms with E-state index in [9.17, 15) is 18.0 Å². The average Bonchev–Trinajstić information content (AvgIpc) is 2.80. The second kappa shape index (κ2) is 11.6. The third-order valence-corrected chi connectivity index (χ3v) is 6.19. The summed E-state index contributed by atoms with van der Waals surface area (Å²) in [5.41, 5.74) is 1.06. The number of carbonyl (C=O) groups excluding carboxylic acids is 2. The highest BCUT2D eigenvalue weighted by molar-refractivity contribution is 7.92. The molecule has 0 aromatic heterocycles. The van der Waals surface area contributed by atoms with Gasteiger partial charge >= 0.3 is 0 Å². The Balaban J connectivity index is 2.38. The second-order valence-electron chi connectivity index (χ2n) is 7.41. The Labute approximate surface area is 195 Å². The van der Waals surface area contributed by atoms with Gasteiger partial charge in [0.25, 0.3) is 0 Å². The molecule has 0 saturated heterocycles. The van der Waals surface area contributed by atoms with Gasteiger partial charge in [0.1, 0.15) is 24.1 Å². The number of ether oxygens (including phenoxy) is 2. The highest BCUT2D eigenvalue weighted by atomic mass is 32.2. The quantitative estimate of drug-likeness (QED) is 0.531. The van der Waals surface area contributed by atoms with Gasteiger partial charge in [-0.2, -0.15) is 0 Å². The van der Waals surface area contributed by atoms with Crippen molar-refractivity contribution in [3.05, 3.63) is 54.1 Å². The van der Waals surface area contributed by atoms with Crippen LogP contribution < -0.4 is 19.1 Å². The molecule has 2 aromatic carbocycles. The number of sulfonamides is 1. The molecular weight excluding hydrogens is 446 g/mol. The smallest absolute Gasteiger partial charge is 0.244 e. The zero-order chi connectivity index (χ0) is 24.6. The van der Waals surface area contributed by atoms with Crippen molar-refractivity contribution in [2.24, 2.45) is 0 Å². The van der Waals surface area contributed by atoms with Crippen LogP contribution in [0.1, 0.15) is 19.4 Å². The van der Waals surface area contributed by atoms with Gasteiger partial charge in [-0.05, 0) is 55.8 Å². The van der Waals surface area contributed by atoms with E-state index in [1.165, 1.54) is 19.1 Å². The van der Waals surface area contributed by atoms with Crippen LogP contribution in [0, 0.1) is 0 Å². The lowest BCUT2D eigenvalue weighted by molar-refractivity contribution is -0.139. The number of hydrogen-bond acceptors (Lipinski definition) is 6. The van der Waals surface area contributed by atoms with Crippen LogP contribution >= 0.6 is 0 Å². The first-order valence-electron chi connectivity index (χ1n) is 10.4. The number of rotatable bonds is 11. The zero-order valence-electron chi connectivity index (χ0n) is 19.6. The Kier molecular flexibility index (Phi) is 9.10. The number of nitrogens with zero attached hydrogens (tertiary/aromatic N) is 2. The molecule has 0 bridgehead atoms. The van der Waals surface area contributed by atoms with Crippen LogP contribution in [0.4, 0.5) is 5.69 Å². The fraction of sp³-hybridized carbons (Fsp3) is 0.391. The molecule has 10 heteroatoms. The van der Waals surface area contributed by atoms with Gasteiger partial charge < -0.3 is 19.7 Å². The molecule has 1 N–H and O–H groups in total. The molecule has 1 atom stereocenters. The molecule has 0 aliphatic rings. The number of amides is 2. The normalized spacial score (nSPS) is 11.9. The third-order valence-electron chi connectivity index (χ3n) is 5.04. The number of nitrogens with one attached hydrogen (secondary N) is 1. The molecule has 0 saturated carbocycles. The topological polar surface area (TPSA) is 105 Å². The first kappa shape index (κ1) is 26.0. The van der Waals surface area contributed by atoms with E-state index in [2.05, 4.69) is 5.32 Å². The minimum atomic E-state index is -3.78. The molecule has 9 nitrogen and oxygen atoms in total. The Morgan fingerprint density at radius 2 is 1.67 bits per heavy atom. The number of methoxy groups -OCH3 is 2. The second-order valence-corrected chi connectivity index (χ2v) is 9.32. The van der Waals surface area contributed by atoms with Gasteiger partial charge in [-0.15, -0.1) is 0 Å². The summed E-state index contributed by atoms with van der Waals surface area (Å²) in [6.07, 6.45) is 1.03. The van der Waals surface area contributed by atoms with E-state index >= 15 is 0 Å². The van der Waals surface area contributed by atoms with Gasteiger partial charge in [0.2, 0.25) is 21.8 Å². The van der Waals surface area contributed by atoms with Crippen molar-refractivity contribution in [1.29, 1.82) is 0 Å². The number of carbonyl (C=O) groups is 2. The number of benzene rings is 2. The predicted molar refractivity (Wildman–Crippen MR) is 127 cm³/mol. The SMILES string of the molecule is CCNC(=O)[C@H](C)N(Cc1cccc(OC)c1)C(=O)CN(c1ccc(OC)cc1)S(C)(=O)=O. The molecule has 0 spiro atoms. The molecule has 0 unspecified atom stereocenters. The van der Waals surface area contributed by atoms with Crippen LogP contribution in [-0.4, -0.2) is 64.7 Å². The van der Waals surface area contributed by atoms with Crippen LogP contribution in [0.15, 0.2) is 48.5 Å². The lowest BCUT2D eigenvalue weighted by Crippen LogP contribution is -2.51. The van der Waals surface area contributed by atoms with Crippen LogP contribution in [0.25, 0.3) is 0 Å². The van der Waals surface area contributed by atoms with Crippen molar-refractivity contribution in [2.45, 2.75) is 26.4 Å². The molecule has 0 heterocycles. The van der Waals surface area contributed by atoms with E-state index in [-0.39, 0.29) is 12.5 Å². The molecule has 33 heavy (non-hydrogen) atoms. The van der Waals surface area contributed by atoms with E-state index in [0.29, 0.717) is 23.7 Å². The van der Waals surface area contributed by atoms with Crippen LogP contribution in [-0.2, 0) is 26.2 Å². The third kappa shape index (κ3) is 7.11. The summed E-state index contributed by atoms with van der Waals surface area (Å²) in [7, 11) is -0.735. The van der Waals surface area contributed by atoms with Crippen molar-refractivity contribution >= 4 is 27.5 Å². The van der Waals surface area contributed by atoms with Crippen LogP contribution in [0.3, 0.4) is 0 Å². The number of anilines is 1. The molecule has 0 fully saturated rings. The summed E-state index contributed by atoms with van der Waals surface area (Å²) >= 11 is 0. The monoisotopic (exact) mass is 477 g/mol. The summed E-state index contributed by atoms with van der Waals surface area (Å²) < 4.78 is 36.4. The molecule has 0 radical (unpaired) electrons. The minimum absolute atomic E-state index is 0.106. The summed E-state index contributed by atoms with van der Waals surface area (Å²) in [5.74, 6) is 0.325. The van der Waals surface area contributed by atoms with Gasteiger partial charge in [0.15, 0.2) is 0 Å². The Hall–Kier alpha value is -3.27. The Morgan fingerprint density at radius 3 is 2.21 bits per heavy atom. The van der Waals surface area contributed by atoms with Crippen LogP contribution in [0.5, 0.6) is 11.5 Å². The number of hydrogen-bond donors (Lipinski definition) is 1. The van der Waals surface area contributed by atoms with Gasteiger partial charge in [-0.25, -0.2) is 8.42 Å².